The fourth-order valence-corrected chi connectivity index (χ4v) is 2.64. The molecule has 2 unspecified atom stereocenters. The van der Waals surface area contributed by atoms with E-state index in [1.54, 1.807) is 6.07 Å². The quantitative estimate of drug-likeness (QED) is 0.799. The second kappa shape index (κ2) is 5.76. The summed E-state index contributed by atoms with van der Waals surface area (Å²) in [7, 11) is -1.47. The van der Waals surface area contributed by atoms with Crippen molar-refractivity contribution in [1.29, 1.82) is 0 Å². The molecule has 3 nitrogen and oxygen atoms in total. The van der Waals surface area contributed by atoms with Gasteiger partial charge in [0.15, 0.2) is 0 Å². The van der Waals surface area contributed by atoms with Gasteiger partial charge in [0.05, 0.1) is 6.10 Å². The van der Waals surface area contributed by atoms with Crippen molar-refractivity contribution in [2.45, 2.75) is 45.6 Å². The molecule has 0 aliphatic heterocycles. The van der Waals surface area contributed by atoms with Crippen LogP contribution in [0.25, 0.3) is 0 Å². The molecule has 18 heavy (non-hydrogen) atoms. The Bertz CT molecular complexity index is 406. The molecular formula is C14H21BO3. The molecule has 0 bridgehead atoms. The van der Waals surface area contributed by atoms with E-state index in [9.17, 15) is 10.0 Å². The van der Waals surface area contributed by atoms with E-state index in [0.29, 0.717) is 17.1 Å². The van der Waals surface area contributed by atoms with Crippen LogP contribution in [-0.4, -0.2) is 23.3 Å². The molecule has 1 aliphatic rings. The molecule has 1 fully saturated rings. The first kappa shape index (κ1) is 13.4. The summed E-state index contributed by atoms with van der Waals surface area (Å²) < 4.78 is 5.95. The lowest BCUT2D eigenvalue weighted by atomic mass is 9.78. The maximum atomic E-state index is 9.39. The summed E-state index contributed by atoms with van der Waals surface area (Å²) in [6, 6.07) is 5.54. The summed E-state index contributed by atoms with van der Waals surface area (Å²) in [4.78, 5) is 0. The summed E-state index contributed by atoms with van der Waals surface area (Å²) >= 11 is 0. The second-order valence-corrected chi connectivity index (χ2v) is 5.43. The molecule has 4 heteroatoms. The fraction of sp³-hybridized carbons (Fsp3) is 0.571. The number of ether oxygens (including phenoxy) is 1. The van der Waals surface area contributed by atoms with Gasteiger partial charge in [-0.3, -0.25) is 0 Å². The van der Waals surface area contributed by atoms with E-state index < -0.39 is 7.12 Å². The van der Waals surface area contributed by atoms with Crippen LogP contribution in [0.3, 0.4) is 0 Å². The summed E-state index contributed by atoms with van der Waals surface area (Å²) in [5.74, 6) is 1.30. The largest absolute Gasteiger partial charge is 0.492 e. The molecule has 2 N–H and O–H groups in total. The highest BCUT2D eigenvalue weighted by atomic mass is 16.5. The molecule has 1 aliphatic carbocycles. The molecule has 0 amide bonds. The Hall–Kier alpha value is -0.995. The van der Waals surface area contributed by atoms with Crippen molar-refractivity contribution in [3.63, 3.8) is 0 Å². The molecule has 1 aromatic carbocycles. The first-order valence-corrected chi connectivity index (χ1v) is 6.69. The molecule has 98 valence electrons. The van der Waals surface area contributed by atoms with Crippen LogP contribution in [0.4, 0.5) is 0 Å². The van der Waals surface area contributed by atoms with Gasteiger partial charge in [-0.15, -0.1) is 0 Å². The monoisotopic (exact) mass is 248 g/mol. The van der Waals surface area contributed by atoms with Gasteiger partial charge in [0, 0.05) is 5.46 Å². The second-order valence-electron chi connectivity index (χ2n) is 5.43. The van der Waals surface area contributed by atoms with Crippen molar-refractivity contribution in [2.24, 2.45) is 5.92 Å². The zero-order valence-electron chi connectivity index (χ0n) is 11.1. The van der Waals surface area contributed by atoms with E-state index in [4.69, 9.17) is 4.74 Å². The minimum Gasteiger partial charge on any atom is -0.491 e. The smallest absolute Gasteiger partial charge is 0.491 e. The van der Waals surface area contributed by atoms with Crippen molar-refractivity contribution in [2.75, 3.05) is 0 Å². The van der Waals surface area contributed by atoms with E-state index in [1.807, 2.05) is 19.1 Å². The van der Waals surface area contributed by atoms with Gasteiger partial charge in [0.25, 0.3) is 0 Å². The van der Waals surface area contributed by atoms with E-state index in [2.05, 4.69) is 6.92 Å². The number of aryl methyl sites for hydroxylation is 1. The molecule has 1 saturated carbocycles. The van der Waals surface area contributed by atoms with Crippen molar-refractivity contribution in [3.8, 4) is 5.75 Å². The van der Waals surface area contributed by atoms with Gasteiger partial charge < -0.3 is 14.8 Å². The van der Waals surface area contributed by atoms with E-state index in [1.165, 1.54) is 12.8 Å². The topological polar surface area (TPSA) is 49.7 Å². The average Bonchev–Trinajstić information content (AvgIpc) is 2.31. The zero-order chi connectivity index (χ0) is 13.1. The number of rotatable bonds is 3. The highest BCUT2D eigenvalue weighted by Gasteiger charge is 2.23. The highest BCUT2D eigenvalue weighted by molar-refractivity contribution is 6.59. The van der Waals surface area contributed by atoms with E-state index in [0.717, 1.165) is 18.4 Å². The summed E-state index contributed by atoms with van der Waals surface area (Å²) in [5, 5.41) is 18.8. The Kier molecular flexibility index (Phi) is 4.30. The Morgan fingerprint density at radius 2 is 2.06 bits per heavy atom. The molecular weight excluding hydrogens is 227 g/mol. The third-order valence-electron chi connectivity index (χ3n) is 3.63. The minimum atomic E-state index is -1.47. The van der Waals surface area contributed by atoms with E-state index >= 15 is 0 Å². The first-order valence-electron chi connectivity index (χ1n) is 6.69. The van der Waals surface area contributed by atoms with Crippen LogP contribution in [0, 0.1) is 12.8 Å². The lowest BCUT2D eigenvalue weighted by molar-refractivity contribution is 0.130. The molecule has 0 heterocycles. The zero-order valence-corrected chi connectivity index (χ0v) is 11.1. The molecule has 2 rings (SSSR count). The first-order chi connectivity index (χ1) is 8.56. The van der Waals surface area contributed by atoms with Gasteiger partial charge in [0.1, 0.15) is 5.75 Å². The average molecular weight is 248 g/mol. The predicted octanol–water partition coefficient (Wildman–Crippen LogP) is 1.63. The predicted molar refractivity (Wildman–Crippen MR) is 73.1 cm³/mol. The number of benzene rings is 1. The maximum Gasteiger partial charge on any atom is 0.492 e. The molecule has 1 aromatic rings. The number of hydrogen-bond donors (Lipinski definition) is 2. The van der Waals surface area contributed by atoms with Gasteiger partial charge in [-0.2, -0.15) is 0 Å². The van der Waals surface area contributed by atoms with Crippen LogP contribution in [0.5, 0.6) is 5.75 Å². The third-order valence-corrected chi connectivity index (χ3v) is 3.63. The SMILES string of the molecule is Cc1ccc(OC2CCCC(C)C2)c(B(O)O)c1. The van der Waals surface area contributed by atoms with Gasteiger partial charge >= 0.3 is 7.12 Å². The Labute approximate surface area is 109 Å². The Morgan fingerprint density at radius 3 is 2.72 bits per heavy atom. The van der Waals surface area contributed by atoms with Crippen LogP contribution in [0.15, 0.2) is 18.2 Å². The normalized spacial score (nSPS) is 23.8. The van der Waals surface area contributed by atoms with Gasteiger partial charge in [-0.1, -0.05) is 31.0 Å². The van der Waals surface area contributed by atoms with Crippen molar-refractivity contribution in [1.82, 2.24) is 0 Å². The highest BCUT2D eigenvalue weighted by Crippen LogP contribution is 2.27. The van der Waals surface area contributed by atoms with Crippen LogP contribution in [0.2, 0.25) is 0 Å². The van der Waals surface area contributed by atoms with Gasteiger partial charge in [-0.05, 0) is 38.2 Å². The van der Waals surface area contributed by atoms with Crippen LogP contribution < -0.4 is 10.2 Å². The maximum absolute atomic E-state index is 9.39. The van der Waals surface area contributed by atoms with Gasteiger partial charge in [-0.25, -0.2) is 0 Å². The fourth-order valence-electron chi connectivity index (χ4n) is 2.64. The van der Waals surface area contributed by atoms with Crippen molar-refractivity contribution < 1.29 is 14.8 Å². The lowest BCUT2D eigenvalue weighted by Crippen LogP contribution is -2.34. The van der Waals surface area contributed by atoms with Crippen molar-refractivity contribution in [3.05, 3.63) is 23.8 Å². The van der Waals surface area contributed by atoms with Gasteiger partial charge in [0.2, 0.25) is 0 Å². The molecule has 0 radical (unpaired) electrons. The van der Waals surface area contributed by atoms with Crippen LogP contribution in [0.1, 0.15) is 38.2 Å². The number of hydrogen-bond acceptors (Lipinski definition) is 3. The van der Waals surface area contributed by atoms with Crippen LogP contribution in [-0.2, 0) is 0 Å². The van der Waals surface area contributed by atoms with E-state index in [-0.39, 0.29) is 6.10 Å². The van der Waals surface area contributed by atoms with Crippen molar-refractivity contribution >= 4 is 12.6 Å². The molecule has 0 saturated heterocycles. The molecule has 0 aromatic heterocycles. The summed E-state index contributed by atoms with van der Waals surface area (Å²) in [6.07, 6.45) is 4.76. The minimum absolute atomic E-state index is 0.203. The summed E-state index contributed by atoms with van der Waals surface area (Å²) in [6.45, 7) is 4.17. The Morgan fingerprint density at radius 1 is 1.28 bits per heavy atom. The molecule has 2 atom stereocenters. The third kappa shape index (κ3) is 3.27. The molecule has 0 spiro atoms. The summed E-state index contributed by atoms with van der Waals surface area (Å²) in [5.41, 5.74) is 1.47. The van der Waals surface area contributed by atoms with Crippen LogP contribution >= 0.6 is 0 Å². The lowest BCUT2D eigenvalue weighted by Gasteiger charge is -2.28. The standard InChI is InChI=1S/C14H21BO3/c1-10-4-3-5-12(8-10)18-14-7-6-11(2)9-13(14)15(16)17/h6-7,9-10,12,16-17H,3-5,8H2,1-2H3. The Balaban J connectivity index is 2.12.